The van der Waals surface area contributed by atoms with Crippen molar-refractivity contribution in [3.63, 3.8) is 0 Å². The van der Waals surface area contributed by atoms with Crippen molar-refractivity contribution in [1.82, 2.24) is 15.5 Å². The van der Waals surface area contributed by atoms with Crippen LogP contribution < -0.4 is 10.6 Å². The van der Waals surface area contributed by atoms with Gasteiger partial charge in [-0.25, -0.2) is 0 Å². The molecule has 0 radical (unpaired) electrons. The maximum atomic E-state index is 14.7. The molecule has 2 heterocycles. The van der Waals surface area contributed by atoms with Crippen LogP contribution in [0.25, 0.3) is 0 Å². The molecule has 0 bridgehead atoms. The van der Waals surface area contributed by atoms with Crippen LogP contribution in [0.15, 0.2) is 42.5 Å². The largest absolute Gasteiger partial charge is 0.349 e. The number of nitrogens with zero attached hydrogens (tertiary/aromatic N) is 1. The molecule has 4 amide bonds. The highest BCUT2D eigenvalue weighted by molar-refractivity contribution is 6.30. The Bertz CT molecular complexity index is 1330. The van der Waals surface area contributed by atoms with E-state index in [0.29, 0.717) is 4.90 Å². The quantitative estimate of drug-likeness (QED) is 0.662. The van der Waals surface area contributed by atoms with Crippen LogP contribution in [0.1, 0.15) is 45.3 Å². The van der Waals surface area contributed by atoms with Gasteiger partial charge in [-0.15, -0.1) is 0 Å². The van der Waals surface area contributed by atoms with E-state index in [1.807, 2.05) is 5.32 Å². The van der Waals surface area contributed by atoms with Crippen LogP contribution in [0.5, 0.6) is 0 Å². The van der Waals surface area contributed by atoms with Crippen molar-refractivity contribution in [2.45, 2.75) is 37.8 Å². The van der Waals surface area contributed by atoms with Crippen molar-refractivity contribution in [1.29, 1.82) is 0 Å². The zero-order valence-corrected chi connectivity index (χ0v) is 17.0. The Hall–Kier alpha value is -3.33. The van der Waals surface area contributed by atoms with Crippen molar-refractivity contribution in [3.05, 3.63) is 69.7 Å². The lowest BCUT2D eigenvalue weighted by molar-refractivity contribution is -0.147. The van der Waals surface area contributed by atoms with Gasteiger partial charge in [0.15, 0.2) is 1.41 Å². The number of benzene rings is 2. The lowest BCUT2D eigenvalue weighted by Gasteiger charge is -2.29. The summed E-state index contributed by atoms with van der Waals surface area (Å²) in [5, 5.41) is 1.81. The summed E-state index contributed by atoms with van der Waals surface area (Å²) < 4.78 is 70.2. The van der Waals surface area contributed by atoms with E-state index in [4.69, 9.17) is 18.5 Å². The molecule has 2 atom stereocenters. The Labute approximate surface area is 193 Å². The molecule has 1 unspecified atom stereocenters. The molecule has 2 aromatic carbocycles. The van der Waals surface area contributed by atoms with Gasteiger partial charge in [-0.2, -0.15) is 8.78 Å². The lowest BCUT2D eigenvalue weighted by Crippen LogP contribution is -2.52. The van der Waals surface area contributed by atoms with Crippen LogP contribution in [0.2, 0.25) is 6.43 Å². The third-order valence-corrected chi connectivity index (χ3v) is 5.15. The van der Waals surface area contributed by atoms with Crippen molar-refractivity contribution in [2.24, 2.45) is 0 Å². The van der Waals surface area contributed by atoms with E-state index >= 15 is 0 Å². The highest BCUT2D eigenvalue weighted by Gasteiger charge is 2.41. The Kier molecular flexibility index (Phi) is 4.24. The first-order valence-corrected chi connectivity index (χ1v) is 9.67. The van der Waals surface area contributed by atoms with E-state index in [-0.39, 0.29) is 27.0 Å². The van der Waals surface area contributed by atoms with Gasteiger partial charge in [-0.05, 0) is 35.7 Å². The summed E-state index contributed by atoms with van der Waals surface area (Å²) in [6.45, 7) is -2.40. The second-order valence-electron chi connectivity index (χ2n) is 7.03. The molecule has 2 aliphatic heterocycles. The molecule has 10 heteroatoms. The number of hydrogen-bond donors (Lipinski definition) is 2. The summed E-state index contributed by atoms with van der Waals surface area (Å²) >= 11 is 5.69. The van der Waals surface area contributed by atoms with E-state index in [1.54, 1.807) is 0 Å². The van der Waals surface area contributed by atoms with Gasteiger partial charge < -0.3 is 10.2 Å². The number of hydrogen-bond acceptors (Lipinski definition) is 4. The molecule has 0 aliphatic carbocycles. The highest BCUT2D eigenvalue weighted by Crippen LogP contribution is 2.30. The fraction of sp³-hybridized carbons (Fsp3) is 0.273. The molecule has 2 N–H and O–H groups in total. The standard InChI is InChI=1S/C22H18ClF2N3O4/c23-15-4-2-14(3-5-15)22(24,25)21(32)26-10-12-1-6-16-13(9-12)11-28(20(16)31)17-7-8-18(29)27-19(17)30/h1-6,9,17H,7-8,10-11H2,(H,26,32)(H,27,29,30)/t17-/m1/s1/i7D2,10D,17D/hD/t10?,17-. The zero-order valence-electron chi connectivity index (χ0n) is 21.2. The molecular weight excluding hydrogens is 444 g/mol. The number of carbonyl (C=O) groups is 4. The molecule has 0 aromatic heterocycles. The van der Waals surface area contributed by atoms with Gasteiger partial charge in [-0.1, -0.05) is 35.9 Å². The van der Waals surface area contributed by atoms with Crippen LogP contribution in [0, 0.1) is 0 Å². The first-order valence-electron chi connectivity index (χ1n) is 11.8. The third kappa shape index (κ3) is 4.08. The number of carbonyl (C=O) groups excluding carboxylic acids is 4. The first kappa shape index (κ1) is 16.3. The van der Waals surface area contributed by atoms with E-state index < -0.39 is 67.0 Å². The molecular formula is C22H18ClF2N3O4. The molecule has 4 rings (SSSR count). The average Bonchev–Trinajstić information content (AvgIpc) is 3.16. The second-order valence-corrected chi connectivity index (χ2v) is 7.47. The van der Waals surface area contributed by atoms with Crippen molar-refractivity contribution in [2.75, 3.05) is 0 Å². The number of amides is 4. The number of halogens is 3. The van der Waals surface area contributed by atoms with Gasteiger partial charge in [0.05, 0.1) is 2.74 Å². The molecule has 0 saturated carbocycles. The van der Waals surface area contributed by atoms with Crippen LogP contribution in [-0.4, -0.2) is 34.5 Å². The van der Waals surface area contributed by atoms with E-state index in [1.165, 1.54) is 12.1 Å². The third-order valence-electron chi connectivity index (χ3n) is 4.89. The lowest BCUT2D eigenvalue weighted by atomic mass is 10.0. The van der Waals surface area contributed by atoms with Gasteiger partial charge in [0, 0.05) is 38.4 Å². The minimum atomic E-state index is -4.13. The molecule has 2 aromatic rings. The molecule has 32 heavy (non-hydrogen) atoms. The summed E-state index contributed by atoms with van der Waals surface area (Å²) in [4.78, 5) is 50.1. The predicted octanol–water partition coefficient (Wildman–Crippen LogP) is 2.51. The second kappa shape index (κ2) is 8.31. The Balaban J connectivity index is 1.59. The van der Waals surface area contributed by atoms with Crippen LogP contribution in [-0.2, 0) is 33.4 Å². The molecule has 7 nitrogen and oxygen atoms in total. The number of piperidine rings is 1. The van der Waals surface area contributed by atoms with Gasteiger partial charge >= 0.3 is 5.92 Å². The fourth-order valence-corrected chi connectivity index (χ4v) is 3.42. The monoisotopic (exact) mass is 466 g/mol. The number of nitrogens with one attached hydrogen (secondary N) is 2. The summed E-state index contributed by atoms with van der Waals surface area (Å²) in [7, 11) is 0. The Morgan fingerprint density at radius 1 is 1.31 bits per heavy atom. The summed E-state index contributed by atoms with van der Waals surface area (Å²) in [6, 6.07) is 4.88. The molecule has 1 fully saturated rings. The predicted molar refractivity (Wildman–Crippen MR) is 110 cm³/mol. The van der Waals surface area contributed by atoms with E-state index in [0.717, 1.165) is 30.3 Å². The van der Waals surface area contributed by atoms with Gasteiger partial charge in [0.2, 0.25) is 11.8 Å². The zero-order chi connectivity index (χ0) is 27.5. The van der Waals surface area contributed by atoms with Crippen molar-refractivity contribution < 1.29 is 34.9 Å². The first-order chi connectivity index (χ1) is 17.1. The molecule has 1 saturated heterocycles. The minimum absolute atomic E-state index is 0.0440. The normalized spacial score (nSPS) is 25.5. The van der Waals surface area contributed by atoms with Gasteiger partial charge in [-0.3, -0.25) is 24.5 Å². The topological polar surface area (TPSA) is 95.6 Å². The number of imide groups is 1. The van der Waals surface area contributed by atoms with Crippen LogP contribution >= 0.6 is 11.6 Å². The maximum absolute atomic E-state index is 14.7. The number of fused-ring (bicyclic) bond motifs is 1. The highest BCUT2D eigenvalue weighted by atomic mass is 35.5. The van der Waals surface area contributed by atoms with E-state index in [2.05, 4.69) is 0 Å². The van der Waals surface area contributed by atoms with Crippen LogP contribution in [0.3, 0.4) is 0 Å². The summed E-state index contributed by atoms with van der Waals surface area (Å²) in [6.07, 6.45) is -3.55. The van der Waals surface area contributed by atoms with Crippen molar-refractivity contribution >= 4 is 35.2 Å². The number of rotatable bonds is 5. The molecule has 166 valence electrons. The average molecular weight is 467 g/mol. The van der Waals surface area contributed by atoms with Gasteiger partial charge in [0.25, 0.3) is 11.8 Å². The maximum Gasteiger partial charge on any atom is 0.349 e. The SMILES string of the molecule is [2H]C(c1ccc2c(c1)CN([C@@]1([2H])C(=O)NC(=O)CC1([2H])[2H])C2=O)N([2H])C(=O)C(F)(F)c1ccc(Cl)cc1. The smallest absolute Gasteiger partial charge is 0.346 e. The molecule has 2 aliphatic rings. The fourth-order valence-electron chi connectivity index (χ4n) is 3.29. The Morgan fingerprint density at radius 3 is 2.72 bits per heavy atom. The Morgan fingerprint density at radius 2 is 2.03 bits per heavy atom. The van der Waals surface area contributed by atoms with Gasteiger partial charge in [0.1, 0.15) is 6.02 Å². The van der Waals surface area contributed by atoms with E-state index in [9.17, 15) is 28.0 Å². The van der Waals surface area contributed by atoms with Crippen LogP contribution in [0.4, 0.5) is 8.78 Å². The van der Waals surface area contributed by atoms with Crippen molar-refractivity contribution in [3.8, 4) is 0 Å². The number of alkyl halides is 2. The molecule has 0 spiro atoms. The summed E-state index contributed by atoms with van der Waals surface area (Å²) in [5.41, 5.74) is -0.760. The minimum Gasteiger partial charge on any atom is -0.346 e. The summed E-state index contributed by atoms with van der Waals surface area (Å²) in [5.74, 6) is -9.25.